The van der Waals surface area contributed by atoms with Gasteiger partial charge in [-0.3, -0.25) is 19.3 Å². The number of ether oxygens (including phenoxy) is 6. The topological polar surface area (TPSA) is 159 Å². The van der Waals surface area contributed by atoms with E-state index in [2.05, 4.69) is 75.7 Å². The summed E-state index contributed by atoms with van der Waals surface area (Å²) in [6, 6.07) is 18.8. The van der Waals surface area contributed by atoms with Gasteiger partial charge in [0, 0.05) is 57.8 Å². The maximum absolute atomic E-state index is 11.0. The molecule has 0 spiro atoms. The summed E-state index contributed by atoms with van der Waals surface area (Å²) >= 11 is 6.08. The first-order valence-electron chi connectivity index (χ1n) is 19.8. The number of carbonyl (C=O) groups is 2. The number of carboxylic acid groups (broad SMARTS) is 1. The molecule has 318 valence electrons. The number of hydrogen-bond donors (Lipinski definition) is 2. The number of nitrogens with zero attached hydrogens (tertiary/aromatic N) is 5. The maximum atomic E-state index is 11.0. The first-order chi connectivity index (χ1) is 27.7. The Balaban J connectivity index is 0.000000306. The van der Waals surface area contributed by atoms with Crippen LogP contribution < -0.4 is 5.32 Å². The number of aliphatic carboxylic acids is 1. The number of nitrogens with one attached hydrogen (secondary N) is 1. The zero-order chi connectivity index (χ0) is 40.9. The van der Waals surface area contributed by atoms with E-state index in [0.29, 0.717) is 85.0 Å². The van der Waals surface area contributed by atoms with Crippen LogP contribution in [0.3, 0.4) is 0 Å². The fourth-order valence-electron chi connectivity index (χ4n) is 5.74. The van der Waals surface area contributed by atoms with E-state index < -0.39 is 5.97 Å². The fraction of sp³-hybridized carbons (Fsp3) is 0.610. The van der Waals surface area contributed by atoms with Gasteiger partial charge in [-0.15, -0.1) is 5.10 Å². The molecule has 0 bridgehead atoms. The molecule has 2 heterocycles. The van der Waals surface area contributed by atoms with Gasteiger partial charge in [0.05, 0.1) is 84.9 Å². The van der Waals surface area contributed by atoms with E-state index in [-0.39, 0.29) is 18.6 Å². The molecule has 1 aliphatic heterocycles. The van der Waals surface area contributed by atoms with Crippen LogP contribution in [-0.4, -0.2) is 154 Å². The SMILES string of the molecule is CNC(=O)CCOCCOCCOCCOCCOCc1cn(CCC(C)C)nn1.O=C(O)COCCN1CCN(C(c2ccccc2)c2ccc(Cl)cc2)CC1. The van der Waals surface area contributed by atoms with Crippen LogP contribution in [0.2, 0.25) is 5.02 Å². The zero-order valence-electron chi connectivity index (χ0n) is 33.9. The van der Waals surface area contributed by atoms with Crippen LogP contribution in [-0.2, 0) is 51.2 Å². The van der Waals surface area contributed by atoms with Gasteiger partial charge >= 0.3 is 5.97 Å². The Morgan fingerprint density at radius 2 is 1.33 bits per heavy atom. The van der Waals surface area contributed by atoms with Crippen molar-refractivity contribution in [2.45, 2.75) is 45.9 Å². The Morgan fingerprint density at radius 3 is 1.91 bits per heavy atom. The fourth-order valence-corrected chi connectivity index (χ4v) is 5.87. The molecule has 2 N–H and O–H groups in total. The number of carboxylic acids is 1. The largest absolute Gasteiger partial charge is 0.480 e. The number of carbonyl (C=O) groups excluding carboxylic acids is 1. The monoisotopic (exact) mass is 818 g/mol. The van der Waals surface area contributed by atoms with E-state index in [4.69, 9.17) is 45.1 Å². The number of rotatable bonds is 28. The van der Waals surface area contributed by atoms with E-state index in [1.807, 2.05) is 29.1 Å². The normalized spacial score (nSPS) is 14.0. The lowest BCUT2D eigenvalue weighted by atomic mass is 9.96. The van der Waals surface area contributed by atoms with Gasteiger partial charge in [0.15, 0.2) is 0 Å². The first-order valence-corrected chi connectivity index (χ1v) is 20.2. The van der Waals surface area contributed by atoms with Crippen molar-refractivity contribution < 1.29 is 43.1 Å². The standard InChI is InChI=1S/C21H25ClN2O3.C20H38N4O6/c22-19-8-6-18(7-9-19)21(17-4-2-1-3-5-17)24-12-10-23(11-13-24)14-15-27-16-20(25)26;1-18(2)4-6-24-16-19(22-23-24)17-30-15-14-29-13-12-28-11-10-27-9-8-26-7-5-20(25)21-3/h1-9,21H,10-16H2,(H,25,26);16,18H,4-15,17H2,1-3H3,(H,21,25). The molecule has 0 aliphatic carbocycles. The molecule has 15 nitrogen and oxygen atoms in total. The third kappa shape index (κ3) is 21.7. The second-order valence-corrected chi connectivity index (χ2v) is 14.2. The first kappa shape index (κ1) is 47.9. The summed E-state index contributed by atoms with van der Waals surface area (Å²) in [6.07, 6.45) is 3.38. The summed E-state index contributed by atoms with van der Waals surface area (Å²) in [5, 5.41) is 20.1. The van der Waals surface area contributed by atoms with Gasteiger partial charge < -0.3 is 38.8 Å². The van der Waals surface area contributed by atoms with Crippen LogP contribution in [0.4, 0.5) is 0 Å². The molecule has 1 fully saturated rings. The quantitative estimate of drug-likeness (QED) is 0.101. The van der Waals surface area contributed by atoms with Crippen LogP contribution in [0.15, 0.2) is 60.8 Å². The predicted molar refractivity (Wildman–Crippen MR) is 217 cm³/mol. The van der Waals surface area contributed by atoms with Crippen LogP contribution in [0, 0.1) is 5.92 Å². The molecule has 1 aliphatic rings. The van der Waals surface area contributed by atoms with Gasteiger partial charge in [-0.1, -0.05) is 73.1 Å². The molecule has 3 aromatic rings. The summed E-state index contributed by atoms with van der Waals surface area (Å²) in [5.41, 5.74) is 3.35. The highest BCUT2D eigenvalue weighted by molar-refractivity contribution is 6.30. The Kier molecular flexibility index (Phi) is 24.9. The van der Waals surface area contributed by atoms with Crippen LogP contribution in [0.5, 0.6) is 0 Å². The molecule has 0 saturated carbocycles. The minimum absolute atomic E-state index is 0.0281. The molecule has 0 radical (unpaired) electrons. The average molecular weight is 819 g/mol. The highest BCUT2D eigenvalue weighted by atomic mass is 35.5. The third-order valence-electron chi connectivity index (χ3n) is 8.86. The van der Waals surface area contributed by atoms with Gasteiger partial charge in [-0.2, -0.15) is 0 Å². The minimum atomic E-state index is -0.923. The number of benzene rings is 2. The molecule has 2 aromatic carbocycles. The second-order valence-electron chi connectivity index (χ2n) is 13.8. The van der Waals surface area contributed by atoms with E-state index in [0.717, 1.165) is 56.4 Å². The Bertz CT molecular complexity index is 1480. The highest BCUT2D eigenvalue weighted by Crippen LogP contribution is 2.30. The molecule has 16 heteroatoms. The lowest BCUT2D eigenvalue weighted by molar-refractivity contribution is -0.142. The Morgan fingerprint density at radius 1 is 0.754 bits per heavy atom. The van der Waals surface area contributed by atoms with E-state index in [1.54, 1.807) is 7.05 Å². The van der Waals surface area contributed by atoms with Gasteiger partial charge in [-0.05, 0) is 35.6 Å². The Hall–Kier alpha value is -3.51. The molecule has 1 aromatic heterocycles. The van der Waals surface area contributed by atoms with Crippen molar-refractivity contribution in [3.05, 3.63) is 82.6 Å². The lowest BCUT2D eigenvalue weighted by Gasteiger charge is -2.39. The number of aryl methyl sites for hydroxylation is 1. The third-order valence-corrected chi connectivity index (χ3v) is 9.11. The van der Waals surface area contributed by atoms with E-state index in [1.165, 1.54) is 11.1 Å². The predicted octanol–water partition coefficient (Wildman–Crippen LogP) is 4.19. The smallest absolute Gasteiger partial charge is 0.329 e. The van der Waals surface area contributed by atoms with Crippen molar-refractivity contribution in [2.75, 3.05) is 112 Å². The number of hydrogen-bond acceptors (Lipinski definition) is 12. The number of aromatic nitrogens is 3. The Labute approximate surface area is 342 Å². The van der Waals surface area contributed by atoms with Crippen LogP contribution in [0.1, 0.15) is 49.6 Å². The molecule has 1 saturated heterocycles. The second kappa shape index (κ2) is 29.7. The lowest BCUT2D eigenvalue weighted by Crippen LogP contribution is -2.48. The number of piperazine rings is 1. The van der Waals surface area contributed by atoms with E-state index in [9.17, 15) is 9.59 Å². The molecule has 57 heavy (non-hydrogen) atoms. The minimum Gasteiger partial charge on any atom is -0.480 e. The maximum Gasteiger partial charge on any atom is 0.329 e. The van der Waals surface area contributed by atoms with Gasteiger partial charge in [-0.25, -0.2) is 4.79 Å². The summed E-state index contributed by atoms with van der Waals surface area (Å²) in [7, 11) is 1.61. The summed E-state index contributed by atoms with van der Waals surface area (Å²) in [4.78, 5) is 26.3. The number of amides is 1. The van der Waals surface area contributed by atoms with Crippen molar-refractivity contribution in [1.82, 2.24) is 30.1 Å². The molecular formula is C41H63ClN6O9. The molecular weight excluding hydrogens is 756 g/mol. The molecule has 1 unspecified atom stereocenters. The number of halogens is 1. The van der Waals surface area contributed by atoms with Crippen molar-refractivity contribution >= 4 is 23.5 Å². The van der Waals surface area contributed by atoms with Crippen molar-refractivity contribution in [3.8, 4) is 0 Å². The average Bonchev–Trinajstić information content (AvgIpc) is 3.68. The summed E-state index contributed by atoms with van der Waals surface area (Å²) < 4.78 is 34.1. The van der Waals surface area contributed by atoms with Crippen LogP contribution >= 0.6 is 11.6 Å². The van der Waals surface area contributed by atoms with Gasteiger partial charge in [0.25, 0.3) is 0 Å². The highest BCUT2D eigenvalue weighted by Gasteiger charge is 2.26. The molecule has 4 rings (SSSR count). The van der Waals surface area contributed by atoms with Crippen molar-refractivity contribution in [2.24, 2.45) is 5.92 Å². The van der Waals surface area contributed by atoms with Crippen molar-refractivity contribution in [1.29, 1.82) is 0 Å². The van der Waals surface area contributed by atoms with Crippen molar-refractivity contribution in [3.63, 3.8) is 0 Å². The van der Waals surface area contributed by atoms with Gasteiger partial charge in [0.1, 0.15) is 12.3 Å². The zero-order valence-corrected chi connectivity index (χ0v) is 34.7. The van der Waals surface area contributed by atoms with E-state index >= 15 is 0 Å². The van der Waals surface area contributed by atoms with Crippen LogP contribution in [0.25, 0.3) is 0 Å². The van der Waals surface area contributed by atoms with Gasteiger partial charge in [0.2, 0.25) is 5.91 Å². The summed E-state index contributed by atoms with van der Waals surface area (Å²) in [5.74, 6) is -0.303. The molecule has 1 atom stereocenters. The molecule has 1 amide bonds. The summed E-state index contributed by atoms with van der Waals surface area (Å²) in [6.45, 7) is 14.8.